The van der Waals surface area contributed by atoms with Crippen molar-refractivity contribution >= 4 is 16.8 Å². The van der Waals surface area contributed by atoms with Gasteiger partial charge in [0.15, 0.2) is 5.78 Å². The molecule has 1 aromatic carbocycles. The van der Waals surface area contributed by atoms with Gasteiger partial charge in [0.1, 0.15) is 11.3 Å². The van der Waals surface area contributed by atoms with Crippen molar-refractivity contribution < 1.29 is 19.1 Å². The number of Topliss-reactive ketones (excluding diaryl/α,β-unsaturated/α-hetero) is 1. The second kappa shape index (κ2) is 5.69. The Bertz CT molecular complexity index is 542. The largest absolute Gasteiger partial charge is 0.493 e. The standard InChI is InChI=1S/C14H16O4/c1-10(16)11-8-13(17-6-3-2-5-15)12-4-7-18-14(12)9-11/h4,7-9,15H,2-3,5-6H2,1H3. The predicted octanol–water partition coefficient (Wildman–Crippen LogP) is 2.79. The number of carbonyl (C=O) groups excluding carboxylic acids is 1. The maximum atomic E-state index is 11.4. The highest BCUT2D eigenvalue weighted by molar-refractivity contribution is 5.99. The van der Waals surface area contributed by atoms with Gasteiger partial charge in [0.25, 0.3) is 0 Å². The quantitative estimate of drug-likeness (QED) is 0.630. The highest BCUT2D eigenvalue weighted by Crippen LogP contribution is 2.29. The highest BCUT2D eigenvalue weighted by atomic mass is 16.5. The number of ketones is 1. The second-order valence-corrected chi connectivity index (χ2v) is 4.14. The third-order valence-corrected chi connectivity index (χ3v) is 2.75. The van der Waals surface area contributed by atoms with E-state index in [4.69, 9.17) is 14.3 Å². The summed E-state index contributed by atoms with van der Waals surface area (Å²) in [6, 6.07) is 5.28. The number of fused-ring (bicyclic) bond motifs is 1. The van der Waals surface area contributed by atoms with Crippen LogP contribution in [0.15, 0.2) is 28.9 Å². The fourth-order valence-electron chi connectivity index (χ4n) is 1.76. The fraction of sp³-hybridized carbons (Fsp3) is 0.357. The molecule has 0 saturated carbocycles. The molecular weight excluding hydrogens is 232 g/mol. The zero-order chi connectivity index (χ0) is 13.0. The van der Waals surface area contributed by atoms with Crippen LogP contribution in [0.1, 0.15) is 30.1 Å². The average molecular weight is 248 g/mol. The molecular formula is C14H16O4. The number of unbranched alkanes of at least 4 members (excludes halogenated alkanes) is 1. The van der Waals surface area contributed by atoms with Crippen LogP contribution in [0.25, 0.3) is 11.0 Å². The van der Waals surface area contributed by atoms with E-state index in [2.05, 4.69) is 0 Å². The van der Waals surface area contributed by atoms with Crippen LogP contribution in [0.2, 0.25) is 0 Å². The van der Waals surface area contributed by atoms with Crippen LogP contribution in [0, 0.1) is 0 Å². The minimum absolute atomic E-state index is 0.0199. The second-order valence-electron chi connectivity index (χ2n) is 4.14. The van der Waals surface area contributed by atoms with E-state index in [0.29, 0.717) is 29.9 Å². The molecule has 1 N–H and O–H groups in total. The lowest BCUT2D eigenvalue weighted by molar-refractivity contribution is 0.101. The first-order valence-electron chi connectivity index (χ1n) is 5.98. The van der Waals surface area contributed by atoms with Gasteiger partial charge in [-0.25, -0.2) is 0 Å². The van der Waals surface area contributed by atoms with E-state index in [-0.39, 0.29) is 12.4 Å². The van der Waals surface area contributed by atoms with Gasteiger partial charge in [-0.3, -0.25) is 4.79 Å². The number of benzene rings is 1. The van der Waals surface area contributed by atoms with Crippen molar-refractivity contribution in [3.8, 4) is 5.75 Å². The summed E-state index contributed by atoms with van der Waals surface area (Å²) >= 11 is 0. The third kappa shape index (κ3) is 2.71. The molecule has 0 fully saturated rings. The van der Waals surface area contributed by atoms with Crippen LogP contribution in [0.4, 0.5) is 0 Å². The molecule has 0 bridgehead atoms. The van der Waals surface area contributed by atoms with Crippen LogP contribution < -0.4 is 4.74 Å². The summed E-state index contributed by atoms with van der Waals surface area (Å²) in [7, 11) is 0. The van der Waals surface area contributed by atoms with E-state index >= 15 is 0 Å². The number of ether oxygens (including phenoxy) is 1. The summed E-state index contributed by atoms with van der Waals surface area (Å²) in [5.74, 6) is 0.637. The van der Waals surface area contributed by atoms with Gasteiger partial charge >= 0.3 is 0 Å². The highest BCUT2D eigenvalue weighted by Gasteiger charge is 2.10. The van der Waals surface area contributed by atoms with Crippen molar-refractivity contribution in [3.05, 3.63) is 30.0 Å². The van der Waals surface area contributed by atoms with E-state index in [1.807, 2.05) is 6.07 Å². The molecule has 0 aliphatic heterocycles. The number of carbonyl (C=O) groups is 1. The first-order valence-corrected chi connectivity index (χ1v) is 5.98. The molecule has 0 radical (unpaired) electrons. The molecule has 96 valence electrons. The monoisotopic (exact) mass is 248 g/mol. The van der Waals surface area contributed by atoms with E-state index in [0.717, 1.165) is 11.8 Å². The molecule has 0 amide bonds. The van der Waals surface area contributed by atoms with Crippen LogP contribution in [0.5, 0.6) is 5.75 Å². The molecule has 18 heavy (non-hydrogen) atoms. The summed E-state index contributed by atoms with van der Waals surface area (Å²) in [5, 5.41) is 9.57. The Morgan fingerprint density at radius 2 is 2.22 bits per heavy atom. The van der Waals surface area contributed by atoms with E-state index in [1.54, 1.807) is 18.4 Å². The number of furan rings is 1. The molecule has 1 aromatic heterocycles. The maximum absolute atomic E-state index is 11.4. The Kier molecular flexibility index (Phi) is 3.99. The summed E-state index contributed by atoms with van der Waals surface area (Å²) in [4.78, 5) is 11.4. The predicted molar refractivity (Wildman–Crippen MR) is 68.0 cm³/mol. The Morgan fingerprint density at radius 3 is 2.94 bits per heavy atom. The van der Waals surface area contributed by atoms with Crippen LogP contribution in [-0.2, 0) is 0 Å². The van der Waals surface area contributed by atoms with Crippen molar-refractivity contribution in [3.63, 3.8) is 0 Å². The fourth-order valence-corrected chi connectivity index (χ4v) is 1.76. The number of hydrogen-bond acceptors (Lipinski definition) is 4. The summed E-state index contributed by atoms with van der Waals surface area (Å²) in [5.41, 5.74) is 1.23. The Morgan fingerprint density at radius 1 is 1.39 bits per heavy atom. The lowest BCUT2D eigenvalue weighted by atomic mass is 10.1. The first kappa shape index (κ1) is 12.6. The van der Waals surface area contributed by atoms with E-state index < -0.39 is 0 Å². The molecule has 2 rings (SSSR count). The van der Waals surface area contributed by atoms with Crippen molar-refractivity contribution in [1.29, 1.82) is 0 Å². The Balaban J connectivity index is 2.23. The van der Waals surface area contributed by atoms with Gasteiger partial charge in [0.05, 0.1) is 18.3 Å². The van der Waals surface area contributed by atoms with Crippen LogP contribution in [0.3, 0.4) is 0 Å². The molecule has 0 saturated heterocycles. The summed E-state index contributed by atoms with van der Waals surface area (Å²) in [6.07, 6.45) is 3.07. The smallest absolute Gasteiger partial charge is 0.160 e. The van der Waals surface area contributed by atoms with Gasteiger partial charge in [-0.05, 0) is 38.0 Å². The molecule has 0 spiro atoms. The van der Waals surface area contributed by atoms with Gasteiger partial charge < -0.3 is 14.3 Å². The van der Waals surface area contributed by atoms with E-state index in [9.17, 15) is 4.79 Å². The number of rotatable bonds is 6. The van der Waals surface area contributed by atoms with E-state index in [1.165, 1.54) is 6.92 Å². The molecule has 4 nitrogen and oxygen atoms in total. The molecule has 2 aromatic rings. The number of hydrogen-bond donors (Lipinski definition) is 1. The average Bonchev–Trinajstić information content (AvgIpc) is 2.82. The molecule has 0 aliphatic carbocycles. The molecule has 0 atom stereocenters. The molecule has 1 heterocycles. The zero-order valence-corrected chi connectivity index (χ0v) is 10.3. The zero-order valence-electron chi connectivity index (χ0n) is 10.3. The molecule has 4 heteroatoms. The van der Waals surface area contributed by atoms with Crippen molar-refractivity contribution in [1.82, 2.24) is 0 Å². The lowest BCUT2D eigenvalue weighted by Crippen LogP contribution is -2.00. The Labute approximate surface area is 105 Å². The molecule has 0 unspecified atom stereocenters. The van der Waals surface area contributed by atoms with Crippen LogP contribution >= 0.6 is 0 Å². The number of aliphatic hydroxyl groups excluding tert-OH is 1. The summed E-state index contributed by atoms with van der Waals surface area (Å²) in [6.45, 7) is 2.19. The van der Waals surface area contributed by atoms with Gasteiger partial charge in [-0.15, -0.1) is 0 Å². The van der Waals surface area contributed by atoms with Crippen LogP contribution in [-0.4, -0.2) is 24.1 Å². The van der Waals surface area contributed by atoms with Gasteiger partial charge in [0, 0.05) is 12.2 Å². The summed E-state index contributed by atoms with van der Waals surface area (Å²) < 4.78 is 11.0. The first-order chi connectivity index (χ1) is 8.72. The SMILES string of the molecule is CC(=O)c1cc(OCCCCO)c2ccoc2c1. The third-order valence-electron chi connectivity index (χ3n) is 2.75. The minimum atomic E-state index is -0.0199. The minimum Gasteiger partial charge on any atom is -0.493 e. The Hall–Kier alpha value is -1.81. The van der Waals surface area contributed by atoms with Gasteiger partial charge in [-0.1, -0.05) is 0 Å². The van der Waals surface area contributed by atoms with Crippen molar-refractivity contribution in [2.75, 3.05) is 13.2 Å². The molecule has 0 aliphatic rings. The maximum Gasteiger partial charge on any atom is 0.160 e. The number of aliphatic hydroxyl groups is 1. The van der Waals surface area contributed by atoms with Gasteiger partial charge in [-0.2, -0.15) is 0 Å². The lowest BCUT2D eigenvalue weighted by Gasteiger charge is -2.08. The van der Waals surface area contributed by atoms with Crippen molar-refractivity contribution in [2.24, 2.45) is 0 Å². The van der Waals surface area contributed by atoms with Gasteiger partial charge in [0.2, 0.25) is 0 Å². The van der Waals surface area contributed by atoms with Crippen molar-refractivity contribution in [2.45, 2.75) is 19.8 Å². The topological polar surface area (TPSA) is 59.7 Å². The normalized spacial score (nSPS) is 10.8.